The number of hydrogen-bond acceptors (Lipinski definition) is 5. The van der Waals surface area contributed by atoms with Crippen LogP contribution in [0.15, 0.2) is 65.6 Å². The molecule has 0 aliphatic rings. The summed E-state index contributed by atoms with van der Waals surface area (Å²) in [6.45, 7) is 11.5. The minimum Gasteiger partial charge on any atom is -0.493 e. The van der Waals surface area contributed by atoms with Gasteiger partial charge >= 0.3 is 6.03 Å². The van der Waals surface area contributed by atoms with Gasteiger partial charge in [-0.05, 0) is 83.0 Å². The standard InChI is InChI=1S/C34H42N4O4/c1-6-7-15-38(30-21-25-12-9-14-35-32(25)37-33(30)40)34(41)36-31-28(22(2)3)19-26(20-29(31)23(4)5)24-11-8-13-27(18-24)42-17-10-16-39/h8-9,11-14,18-23,39H,6-7,10,15-17H2,1-5H3,(H,36,41)(H,35,37,40). The Kier molecular flexibility index (Phi) is 10.4. The molecule has 8 heteroatoms. The molecule has 0 fully saturated rings. The Balaban J connectivity index is 1.75. The molecule has 2 aromatic carbocycles. The summed E-state index contributed by atoms with van der Waals surface area (Å²) in [6, 6.07) is 17.3. The maximum atomic E-state index is 14.0. The van der Waals surface area contributed by atoms with E-state index in [1.807, 2.05) is 36.4 Å². The fourth-order valence-corrected chi connectivity index (χ4v) is 4.98. The molecule has 0 unspecified atom stereocenters. The summed E-state index contributed by atoms with van der Waals surface area (Å²) in [6.07, 6.45) is 3.83. The number of amides is 2. The minimum absolute atomic E-state index is 0.0880. The smallest absolute Gasteiger partial charge is 0.326 e. The Morgan fingerprint density at radius 3 is 2.40 bits per heavy atom. The summed E-state index contributed by atoms with van der Waals surface area (Å²) in [5, 5.41) is 13.1. The molecule has 0 bridgehead atoms. The molecule has 0 spiro atoms. The van der Waals surface area contributed by atoms with Crippen molar-refractivity contribution < 1.29 is 14.6 Å². The Hall–Kier alpha value is -4.17. The molecule has 3 N–H and O–H groups in total. The fourth-order valence-electron chi connectivity index (χ4n) is 4.98. The van der Waals surface area contributed by atoms with Crippen molar-refractivity contribution >= 4 is 28.4 Å². The van der Waals surface area contributed by atoms with Crippen LogP contribution in [0.25, 0.3) is 22.2 Å². The van der Waals surface area contributed by atoms with Crippen molar-refractivity contribution in [2.75, 3.05) is 30.0 Å². The first kappa shape index (κ1) is 30.8. The van der Waals surface area contributed by atoms with Crippen LogP contribution in [0.2, 0.25) is 0 Å². The van der Waals surface area contributed by atoms with Crippen molar-refractivity contribution in [1.82, 2.24) is 9.97 Å². The van der Waals surface area contributed by atoms with Crippen LogP contribution in [0, 0.1) is 0 Å². The normalized spacial score (nSPS) is 11.3. The summed E-state index contributed by atoms with van der Waals surface area (Å²) in [7, 11) is 0. The molecule has 0 saturated heterocycles. The van der Waals surface area contributed by atoms with Gasteiger partial charge in [-0.15, -0.1) is 0 Å². The lowest BCUT2D eigenvalue weighted by Gasteiger charge is -2.27. The van der Waals surface area contributed by atoms with Gasteiger partial charge < -0.3 is 20.1 Å². The highest BCUT2D eigenvalue weighted by Gasteiger charge is 2.24. The lowest BCUT2D eigenvalue weighted by atomic mass is 9.88. The first-order chi connectivity index (χ1) is 20.2. The zero-order valence-electron chi connectivity index (χ0n) is 25.2. The number of unbranched alkanes of at least 4 members (excludes halogenated alkanes) is 1. The van der Waals surface area contributed by atoms with Gasteiger partial charge in [-0.25, -0.2) is 9.78 Å². The van der Waals surface area contributed by atoms with Crippen LogP contribution in [0.4, 0.5) is 16.2 Å². The number of anilines is 2. The van der Waals surface area contributed by atoms with Gasteiger partial charge in [-0.1, -0.05) is 53.2 Å². The molecule has 0 aliphatic heterocycles. The minimum atomic E-state index is -0.350. The number of H-pyrrole nitrogens is 1. The number of hydrogen-bond donors (Lipinski definition) is 3. The predicted molar refractivity (Wildman–Crippen MR) is 171 cm³/mol. The van der Waals surface area contributed by atoms with E-state index in [2.05, 4.69) is 62.0 Å². The summed E-state index contributed by atoms with van der Waals surface area (Å²) in [4.78, 5) is 35.7. The van der Waals surface area contributed by atoms with E-state index in [4.69, 9.17) is 9.84 Å². The second kappa shape index (κ2) is 14.1. The molecule has 2 heterocycles. The number of aromatic nitrogens is 2. The van der Waals surface area contributed by atoms with Crippen LogP contribution in [0.1, 0.15) is 76.8 Å². The summed E-state index contributed by atoms with van der Waals surface area (Å²) in [5.41, 5.74) is 5.30. The van der Waals surface area contributed by atoms with Crippen LogP contribution in [-0.2, 0) is 0 Å². The number of aromatic amines is 1. The van der Waals surface area contributed by atoms with Gasteiger partial charge in [0, 0.05) is 36.8 Å². The molecule has 8 nitrogen and oxygen atoms in total. The maximum absolute atomic E-state index is 14.0. The number of carbonyl (C=O) groups is 1. The molecule has 0 saturated carbocycles. The summed E-state index contributed by atoms with van der Waals surface area (Å²) in [5.74, 6) is 1.000. The number of pyridine rings is 2. The molecule has 222 valence electrons. The lowest BCUT2D eigenvalue weighted by molar-refractivity contribution is 0.233. The Morgan fingerprint density at radius 1 is 1.00 bits per heavy atom. The number of urea groups is 1. The summed E-state index contributed by atoms with van der Waals surface area (Å²) >= 11 is 0. The van der Waals surface area contributed by atoms with Crippen molar-refractivity contribution in [2.45, 2.75) is 65.7 Å². The zero-order valence-corrected chi connectivity index (χ0v) is 25.2. The highest BCUT2D eigenvalue weighted by atomic mass is 16.5. The van der Waals surface area contributed by atoms with Gasteiger partial charge in [-0.3, -0.25) is 9.69 Å². The topological polar surface area (TPSA) is 108 Å². The molecule has 4 rings (SSSR count). The van der Waals surface area contributed by atoms with Gasteiger partial charge in [0.05, 0.1) is 6.61 Å². The average Bonchev–Trinajstić information content (AvgIpc) is 2.97. The third-order valence-corrected chi connectivity index (χ3v) is 7.28. The third-order valence-electron chi connectivity index (χ3n) is 7.28. The van der Waals surface area contributed by atoms with Gasteiger partial charge in [0.25, 0.3) is 5.56 Å². The first-order valence-electron chi connectivity index (χ1n) is 14.8. The second-order valence-corrected chi connectivity index (χ2v) is 11.2. The van der Waals surface area contributed by atoms with E-state index >= 15 is 0 Å². The number of rotatable bonds is 12. The van der Waals surface area contributed by atoms with Gasteiger partial charge in [0.2, 0.25) is 0 Å². The van der Waals surface area contributed by atoms with Gasteiger partial charge in [0.15, 0.2) is 0 Å². The molecule has 2 aromatic heterocycles. The van der Waals surface area contributed by atoms with E-state index in [-0.39, 0.29) is 30.0 Å². The fraction of sp³-hybridized carbons (Fsp3) is 0.382. The third kappa shape index (κ3) is 7.18. The number of nitrogens with zero attached hydrogens (tertiary/aromatic N) is 2. The van der Waals surface area contributed by atoms with Crippen LogP contribution in [0.5, 0.6) is 5.75 Å². The van der Waals surface area contributed by atoms with Gasteiger partial charge in [0.1, 0.15) is 17.1 Å². The largest absolute Gasteiger partial charge is 0.493 e. The molecular formula is C34H42N4O4. The predicted octanol–water partition coefficient (Wildman–Crippen LogP) is 7.44. The molecule has 0 radical (unpaired) electrons. The lowest BCUT2D eigenvalue weighted by Crippen LogP contribution is -2.39. The van der Waals surface area contributed by atoms with Crippen LogP contribution < -0.4 is 20.5 Å². The van der Waals surface area contributed by atoms with Crippen LogP contribution >= 0.6 is 0 Å². The van der Waals surface area contributed by atoms with Gasteiger partial charge in [-0.2, -0.15) is 0 Å². The Bertz CT molecular complexity index is 1550. The van der Waals surface area contributed by atoms with E-state index < -0.39 is 0 Å². The molecule has 4 aromatic rings. The number of carbonyl (C=O) groups excluding carboxylic acids is 1. The molecular weight excluding hydrogens is 528 g/mol. The number of aliphatic hydroxyl groups excluding tert-OH is 1. The molecule has 42 heavy (non-hydrogen) atoms. The van der Waals surface area contributed by atoms with E-state index in [0.29, 0.717) is 30.9 Å². The van der Waals surface area contributed by atoms with Crippen molar-refractivity contribution in [2.24, 2.45) is 0 Å². The van der Waals surface area contributed by atoms with Crippen molar-refractivity contribution in [3.8, 4) is 16.9 Å². The molecule has 0 aliphatic carbocycles. The van der Waals surface area contributed by atoms with Crippen LogP contribution in [-0.4, -0.2) is 40.9 Å². The van der Waals surface area contributed by atoms with Crippen molar-refractivity contribution in [3.05, 3.63) is 82.3 Å². The number of aliphatic hydroxyl groups is 1. The second-order valence-electron chi connectivity index (χ2n) is 11.2. The zero-order chi connectivity index (χ0) is 30.2. The first-order valence-corrected chi connectivity index (χ1v) is 14.8. The number of fused-ring (bicyclic) bond motifs is 1. The number of benzene rings is 2. The SMILES string of the molecule is CCCCN(C(=O)Nc1c(C(C)C)cc(-c2cccc(OCCCO)c2)cc1C(C)C)c1cc2cccnc2[nH]c1=O. The summed E-state index contributed by atoms with van der Waals surface area (Å²) < 4.78 is 5.82. The monoisotopic (exact) mass is 570 g/mol. The maximum Gasteiger partial charge on any atom is 0.326 e. The molecule has 2 amide bonds. The molecule has 0 atom stereocenters. The number of ether oxygens (including phenoxy) is 1. The van der Waals surface area contributed by atoms with Crippen molar-refractivity contribution in [3.63, 3.8) is 0 Å². The van der Waals surface area contributed by atoms with Crippen LogP contribution in [0.3, 0.4) is 0 Å². The Morgan fingerprint density at radius 2 is 1.74 bits per heavy atom. The van der Waals surface area contributed by atoms with E-state index in [9.17, 15) is 9.59 Å². The quantitative estimate of drug-likeness (QED) is 0.154. The van der Waals surface area contributed by atoms with Crippen molar-refractivity contribution in [1.29, 1.82) is 0 Å². The highest BCUT2D eigenvalue weighted by molar-refractivity contribution is 6.03. The van der Waals surface area contributed by atoms with E-state index in [1.165, 1.54) is 0 Å². The van der Waals surface area contributed by atoms with E-state index in [1.54, 1.807) is 17.2 Å². The van der Waals surface area contributed by atoms with E-state index in [0.717, 1.165) is 51.9 Å². The average molecular weight is 571 g/mol. The Labute approximate surface area is 247 Å². The highest BCUT2D eigenvalue weighted by Crippen LogP contribution is 2.38. The number of nitrogens with one attached hydrogen (secondary N) is 2.